The molecule has 0 bridgehead atoms. The van der Waals surface area contributed by atoms with Crippen molar-refractivity contribution in [2.45, 2.75) is 45.6 Å². The van der Waals surface area contributed by atoms with Crippen molar-refractivity contribution in [3.05, 3.63) is 47.0 Å². The third kappa shape index (κ3) is 4.77. The minimum Gasteiger partial charge on any atom is -0.378 e. The number of hydrogen-bond acceptors (Lipinski definition) is 4. The second-order valence-electron chi connectivity index (χ2n) is 7.31. The van der Waals surface area contributed by atoms with Crippen LogP contribution in [-0.4, -0.2) is 52.9 Å². The number of rotatable bonds is 7. The first-order valence-corrected chi connectivity index (χ1v) is 9.90. The first-order chi connectivity index (χ1) is 13.5. The van der Waals surface area contributed by atoms with Crippen molar-refractivity contribution in [3.8, 4) is 5.69 Å². The van der Waals surface area contributed by atoms with Gasteiger partial charge in [-0.15, -0.1) is 0 Å². The van der Waals surface area contributed by atoms with Gasteiger partial charge in [0.15, 0.2) is 0 Å². The van der Waals surface area contributed by atoms with Crippen LogP contribution in [0.1, 0.15) is 36.2 Å². The summed E-state index contributed by atoms with van der Waals surface area (Å²) in [5, 5.41) is 4.56. The van der Waals surface area contributed by atoms with Gasteiger partial charge in [-0.25, -0.2) is 9.07 Å². The Morgan fingerprint density at radius 2 is 1.93 bits per heavy atom. The van der Waals surface area contributed by atoms with Crippen molar-refractivity contribution < 1.29 is 13.9 Å². The molecule has 1 aromatic carbocycles. The zero-order chi connectivity index (χ0) is 20.1. The molecule has 152 valence electrons. The number of aromatic nitrogens is 2. The number of nitrogens with two attached hydrogens (primary N) is 1. The number of aryl methyl sites for hydroxylation is 1. The van der Waals surface area contributed by atoms with Crippen LogP contribution in [0.3, 0.4) is 0 Å². The summed E-state index contributed by atoms with van der Waals surface area (Å²) in [6, 6.07) is 6.21. The highest BCUT2D eigenvalue weighted by Crippen LogP contribution is 2.21. The van der Waals surface area contributed by atoms with Gasteiger partial charge >= 0.3 is 0 Å². The van der Waals surface area contributed by atoms with Gasteiger partial charge in [0.1, 0.15) is 5.82 Å². The number of amides is 1. The number of hydrogen-bond donors (Lipinski definition) is 1. The number of carbonyl (C=O) groups is 1. The molecular formula is C21H29FN4O2. The van der Waals surface area contributed by atoms with Crippen molar-refractivity contribution in [1.82, 2.24) is 14.7 Å². The van der Waals surface area contributed by atoms with Crippen molar-refractivity contribution in [3.63, 3.8) is 0 Å². The maximum atomic E-state index is 13.2. The summed E-state index contributed by atoms with van der Waals surface area (Å²) in [6.45, 7) is 6.63. The highest BCUT2D eigenvalue weighted by molar-refractivity contribution is 5.79. The zero-order valence-electron chi connectivity index (χ0n) is 16.7. The molecule has 0 unspecified atom stereocenters. The summed E-state index contributed by atoms with van der Waals surface area (Å²) in [4.78, 5) is 14.7. The van der Waals surface area contributed by atoms with Gasteiger partial charge in [-0.2, -0.15) is 5.10 Å². The maximum Gasteiger partial charge on any atom is 0.227 e. The fourth-order valence-corrected chi connectivity index (χ4v) is 3.63. The van der Waals surface area contributed by atoms with Gasteiger partial charge in [-0.3, -0.25) is 4.79 Å². The van der Waals surface area contributed by atoms with Crippen LogP contribution >= 0.6 is 0 Å². The van der Waals surface area contributed by atoms with Crippen LogP contribution < -0.4 is 5.73 Å². The molecule has 2 aromatic rings. The Balaban J connectivity index is 1.61. The highest BCUT2D eigenvalue weighted by atomic mass is 19.1. The predicted octanol–water partition coefficient (Wildman–Crippen LogP) is 2.53. The van der Waals surface area contributed by atoms with E-state index in [-0.39, 0.29) is 17.8 Å². The molecule has 28 heavy (non-hydrogen) atoms. The Bertz CT molecular complexity index is 795. The van der Waals surface area contributed by atoms with Gasteiger partial charge in [0, 0.05) is 31.0 Å². The fraction of sp³-hybridized carbons (Fsp3) is 0.524. The molecule has 6 nitrogen and oxygen atoms in total. The number of likely N-dealkylation sites (tertiary alicyclic amines) is 1. The summed E-state index contributed by atoms with van der Waals surface area (Å²) in [7, 11) is 0. The third-order valence-electron chi connectivity index (χ3n) is 5.34. The van der Waals surface area contributed by atoms with E-state index < -0.39 is 0 Å². The third-order valence-corrected chi connectivity index (χ3v) is 5.34. The number of nitrogens with zero attached hydrogens (tertiary/aromatic N) is 3. The monoisotopic (exact) mass is 388 g/mol. The minimum absolute atomic E-state index is 0.116. The van der Waals surface area contributed by atoms with E-state index in [9.17, 15) is 9.18 Å². The maximum absolute atomic E-state index is 13.2. The van der Waals surface area contributed by atoms with Crippen LogP contribution in [0.4, 0.5) is 4.39 Å². The molecule has 0 spiro atoms. The Morgan fingerprint density at radius 3 is 2.57 bits per heavy atom. The molecular weight excluding hydrogens is 359 g/mol. The van der Waals surface area contributed by atoms with E-state index >= 15 is 0 Å². The smallest absolute Gasteiger partial charge is 0.227 e. The van der Waals surface area contributed by atoms with E-state index in [2.05, 4.69) is 5.10 Å². The Kier molecular flexibility index (Phi) is 6.80. The summed E-state index contributed by atoms with van der Waals surface area (Å²) < 4.78 is 20.8. The summed E-state index contributed by atoms with van der Waals surface area (Å²) in [5.41, 5.74) is 8.96. The number of ether oxygens (including phenoxy) is 1. The minimum atomic E-state index is -0.281. The molecule has 1 aliphatic rings. The zero-order valence-corrected chi connectivity index (χ0v) is 16.7. The van der Waals surface area contributed by atoms with Crippen molar-refractivity contribution >= 4 is 5.91 Å². The molecule has 1 aliphatic heterocycles. The largest absolute Gasteiger partial charge is 0.378 e. The number of halogens is 1. The lowest BCUT2D eigenvalue weighted by atomic mass is 10.0. The summed E-state index contributed by atoms with van der Waals surface area (Å²) >= 11 is 0. The normalized spacial score (nSPS) is 15.2. The van der Waals surface area contributed by atoms with Crippen molar-refractivity contribution in [2.75, 3.05) is 26.2 Å². The molecule has 1 saturated heterocycles. The second kappa shape index (κ2) is 9.30. The molecule has 0 aliphatic carbocycles. The molecule has 0 saturated carbocycles. The molecule has 0 radical (unpaired) electrons. The number of carbonyl (C=O) groups excluding carboxylic acids is 1. The van der Waals surface area contributed by atoms with E-state index in [1.54, 1.807) is 16.8 Å². The lowest BCUT2D eigenvalue weighted by Crippen LogP contribution is -2.41. The average Bonchev–Trinajstić information content (AvgIpc) is 2.97. The van der Waals surface area contributed by atoms with E-state index in [1.165, 1.54) is 12.1 Å². The fourth-order valence-electron chi connectivity index (χ4n) is 3.63. The molecule has 3 rings (SSSR count). The summed E-state index contributed by atoms with van der Waals surface area (Å²) in [5.74, 6) is -0.165. The highest BCUT2D eigenvalue weighted by Gasteiger charge is 2.25. The summed E-state index contributed by atoms with van der Waals surface area (Å²) in [6.07, 6.45) is 3.15. The second-order valence-corrected chi connectivity index (χ2v) is 7.31. The van der Waals surface area contributed by atoms with Gasteiger partial charge in [0.25, 0.3) is 0 Å². The van der Waals surface area contributed by atoms with E-state index in [0.717, 1.165) is 55.0 Å². The first kappa shape index (κ1) is 20.5. The van der Waals surface area contributed by atoms with Crippen LogP contribution in [0.25, 0.3) is 5.69 Å². The lowest BCUT2D eigenvalue weighted by Gasteiger charge is -2.32. The van der Waals surface area contributed by atoms with Crippen LogP contribution in [0.5, 0.6) is 0 Å². The molecule has 7 heteroatoms. The predicted molar refractivity (Wildman–Crippen MR) is 106 cm³/mol. The van der Waals surface area contributed by atoms with Crippen molar-refractivity contribution in [1.29, 1.82) is 0 Å². The van der Waals surface area contributed by atoms with Gasteiger partial charge in [0.2, 0.25) is 5.91 Å². The first-order valence-electron chi connectivity index (χ1n) is 9.90. The van der Waals surface area contributed by atoms with E-state index in [0.29, 0.717) is 19.6 Å². The SMILES string of the molecule is Cc1nn(-c2ccc(F)cc2)c(C)c1CC(=O)N1CCC(OCCCN)CC1. The lowest BCUT2D eigenvalue weighted by molar-refractivity contribution is -0.133. The van der Waals surface area contributed by atoms with E-state index in [1.807, 2.05) is 18.7 Å². The molecule has 2 heterocycles. The van der Waals surface area contributed by atoms with Crippen LogP contribution in [-0.2, 0) is 16.0 Å². The van der Waals surface area contributed by atoms with Crippen LogP contribution in [0.15, 0.2) is 24.3 Å². The van der Waals surface area contributed by atoms with Crippen molar-refractivity contribution in [2.24, 2.45) is 5.73 Å². The topological polar surface area (TPSA) is 73.4 Å². The molecule has 1 fully saturated rings. The molecule has 1 aromatic heterocycles. The Labute approximate surface area is 165 Å². The number of piperidine rings is 1. The van der Waals surface area contributed by atoms with Gasteiger partial charge < -0.3 is 15.4 Å². The van der Waals surface area contributed by atoms with Gasteiger partial charge in [-0.05, 0) is 63.9 Å². The number of benzene rings is 1. The molecule has 0 atom stereocenters. The average molecular weight is 388 g/mol. The Hall–Kier alpha value is -2.25. The van der Waals surface area contributed by atoms with Crippen LogP contribution in [0.2, 0.25) is 0 Å². The van der Waals surface area contributed by atoms with Gasteiger partial charge in [0.05, 0.1) is 23.9 Å². The van der Waals surface area contributed by atoms with Gasteiger partial charge in [-0.1, -0.05) is 0 Å². The van der Waals surface area contributed by atoms with Crippen LogP contribution in [0, 0.1) is 19.7 Å². The standard InChI is InChI=1S/C21H29FN4O2/c1-15-20(16(2)26(24-15)18-6-4-17(22)5-7-18)14-21(27)25-11-8-19(9-12-25)28-13-3-10-23/h4-7,19H,3,8-14,23H2,1-2H3. The van der Waals surface area contributed by atoms with E-state index in [4.69, 9.17) is 10.5 Å². The Morgan fingerprint density at radius 1 is 1.25 bits per heavy atom. The molecule has 1 amide bonds. The molecule has 2 N–H and O–H groups in total. The quantitative estimate of drug-likeness (QED) is 0.740.